The third-order valence-electron chi connectivity index (χ3n) is 3.89. The molecule has 1 amide bonds. The van der Waals surface area contributed by atoms with Crippen LogP contribution in [0, 0.1) is 5.92 Å². The molecule has 1 saturated carbocycles. The van der Waals surface area contributed by atoms with Gasteiger partial charge in [0.25, 0.3) is 0 Å². The van der Waals surface area contributed by atoms with Crippen molar-refractivity contribution in [3.63, 3.8) is 0 Å². The first kappa shape index (κ1) is 11.9. The number of amides is 1. The van der Waals surface area contributed by atoms with Gasteiger partial charge in [-0.15, -0.1) is 0 Å². The van der Waals surface area contributed by atoms with Crippen LogP contribution in [-0.2, 0) is 4.79 Å². The number of hydrogen-bond donors (Lipinski definition) is 1. The summed E-state index contributed by atoms with van der Waals surface area (Å²) in [5.74, 6) is 1.12. The summed E-state index contributed by atoms with van der Waals surface area (Å²) in [6, 6.07) is 0.625. The van der Waals surface area contributed by atoms with Crippen molar-refractivity contribution in [2.45, 2.75) is 71.1 Å². The number of carbonyl (C=O) groups excluding carboxylic acids is 1. The summed E-state index contributed by atoms with van der Waals surface area (Å²) in [6.07, 6.45) is 6.04. The summed E-state index contributed by atoms with van der Waals surface area (Å²) in [7, 11) is 0. The molecule has 0 spiro atoms. The van der Waals surface area contributed by atoms with Crippen molar-refractivity contribution in [1.29, 1.82) is 0 Å². The Morgan fingerprint density at radius 3 is 2.62 bits per heavy atom. The van der Waals surface area contributed by atoms with Gasteiger partial charge in [0.15, 0.2) is 0 Å². The Kier molecular flexibility index (Phi) is 3.53. The van der Waals surface area contributed by atoms with E-state index in [2.05, 4.69) is 31.0 Å². The normalized spacial score (nSPS) is 38.2. The molecule has 1 heterocycles. The van der Waals surface area contributed by atoms with E-state index in [-0.39, 0.29) is 12.2 Å². The fourth-order valence-electron chi connectivity index (χ4n) is 3.01. The van der Waals surface area contributed by atoms with Crippen molar-refractivity contribution in [3.05, 3.63) is 0 Å². The second-order valence-electron chi connectivity index (χ2n) is 5.28. The standard InChI is InChI=1S/C13H24N2O/c1-4-6-10-8-12(10)15-9(3)14-11(7-5-2)13(15)16/h9-12,14H,4-8H2,1-3H3. The van der Waals surface area contributed by atoms with Crippen LogP contribution in [0.4, 0.5) is 0 Å². The SMILES string of the molecule is CCCC1NC(C)N(C2CC2CCC)C1=O. The lowest BCUT2D eigenvalue weighted by Gasteiger charge is -2.21. The first-order valence-corrected chi connectivity index (χ1v) is 6.77. The molecule has 0 aromatic rings. The summed E-state index contributed by atoms with van der Waals surface area (Å²) in [6.45, 7) is 6.48. The van der Waals surface area contributed by atoms with Crippen LogP contribution in [0.3, 0.4) is 0 Å². The smallest absolute Gasteiger partial charge is 0.241 e. The van der Waals surface area contributed by atoms with E-state index in [4.69, 9.17) is 0 Å². The predicted octanol–water partition coefficient (Wildman–Crippen LogP) is 2.12. The Morgan fingerprint density at radius 2 is 2.00 bits per heavy atom. The van der Waals surface area contributed by atoms with E-state index in [1.165, 1.54) is 19.3 Å². The molecule has 0 radical (unpaired) electrons. The maximum atomic E-state index is 12.2. The minimum Gasteiger partial charge on any atom is -0.323 e. The van der Waals surface area contributed by atoms with E-state index >= 15 is 0 Å². The van der Waals surface area contributed by atoms with Gasteiger partial charge in [-0.05, 0) is 32.1 Å². The van der Waals surface area contributed by atoms with Gasteiger partial charge in [-0.3, -0.25) is 10.1 Å². The molecule has 1 aliphatic carbocycles. The van der Waals surface area contributed by atoms with E-state index in [0.29, 0.717) is 11.9 Å². The predicted molar refractivity (Wildman–Crippen MR) is 64.9 cm³/mol. The number of rotatable bonds is 5. The van der Waals surface area contributed by atoms with Crippen molar-refractivity contribution in [3.8, 4) is 0 Å². The first-order valence-electron chi connectivity index (χ1n) is 6.77. The highest BCUT2D eigenvalue weighted by Crippen LogP contribution is 2.41. The first-order chi connectivity index (χ1) is 7.69. The van der Waals surface area contributed by atoms with Crippen molar-refractivity contribution in [1.82, 2.24) is 10.2 Å². The highest BCUT2D eigenvalue weighted by molar-refractivity contribution is 5.84. The lowest BCUT2D eigenvalue weighted by atomic mass is 10.1. The van der Waals surface area contributed by atoms with Gasteiger partial charge in [-0.25, -0.2) is 0 Å². The van der Waals surface area contributed by atoms with Crippen LogP contribution < -0.4 is 5.32 Å². The lowest BCUT2D eigenvalue weighted by molar-refractivity contribution is -0.130. The molecule has 2 rings (SSSR count). The highest BCUT2D eigenvalue weighted by atomic mass is 16.2. The fraction of sp³-hybridized carbons (Fsp3) is 0.923. The molecule has 0 aromatic heterocycles. The van der Waals surface area contributed by atoms with Crippen molar-refractivity contribution >= 4 is 5.91 Å². The summed E-state index contributed by atoms with van der Waals surface area (Å²) in [5.41, 5.74) is 0. The Morgan fingerprint density at radius 1 is 1.31 bits per heavy atom. The molecule has 3 heteroatoms. The molecule has 2 fully saturated rings. The largest absolute Gasteiger partial charge is 0.323 e. The van der Waals surface area contributed by atoms with Gasteiger partial charge in [0.1, 0.15) is 0 Å². The topological polar surface area (TPSA) is 32.3 Å². The fourth-order valence-corrected chi connectivity index (χ4v) is 3.01. The average molecular weight is 224 g/mol. The van der Waals surface area contributed by atoms with E-state index in [1.54, 1.807) is 0 Å². The van der Waals surface area contributed by atoms with Crippen LogP contribution >= 0.6 is 0 Å². The summed E-state index contributed by atoms with van der Waals surface area (Å²) < 4.78 is 0. The second-order valence-corrected chi connectivity index (χ2v) is 5.28. The number of carbonyl (C=O) groups is 1. The molecule has 2 aliphatic rings. The van der Waals surface area contributed by atoms with E-state index < -0.39 is 0 Å². The van der Waals surface area contributed by atoms with Gasteiger partial charge in [-0.2, -0.15) is 0 Å². The Balaban J connectivity index is 1.93. The molecule has 0 aromatic carbocycles. The molecule has 1 saturated heterocycles. The molecule has 4 unspecified atom stereocenters. The molecule has 92 valence electrons. The van der Waals surface area contributed by atoms with Gasteiger partial charge in [0.05, 0.1) is 12.2 Å². The monoisotopic (exact) mass is 224 g/mol. The second kappa shape index (κ2) is 4.74. The van der Waals surface area contributed by atoms with Crippen LogP contribution in [0.25, 0.3) is 0 Å². The summed E-state index contributed by atoms with van der Waals surface area (Å²) in [5, 5.41) is 3.41. The number of nitrogens with zero attached hydrogens (tertiary/aromatic N) is 1. The van der Waals surface area contributed by atoms with Gasteiger partial charge in [0, 0.05) is 6.04 Å². The highest BCUT2D eigenvalue weighted by Gasteiger charge is 2.49. The zero-order chi connectivity index (χ0) is 11.7. The van der Waals surface area contributed by atoms with E-state index in [1.807, 2.05) is 0 Å². The van der Waals surface area contributed by atoms with Crippen LogP contribution in [-0.4, -0.2) is 29.1 Å². The zero-order valence-corrected chi connectivity index (χ0v) is 10.7. The summed E-state index contributed by atoms with van der Waals surface area (Å²) >= 11 is 0. The Bertz CT molecular complexity index is 267. The molecule has 1 aliphatic heterocycles. The van der Waals surface area contributed by atoms with Crippen LogP contribution in [0.2, 0.25) is 0 Å². The molecular weight excluding hydrogens is 200 g/mol. The van der Waals surface area contributed by atoms with Crippen LogP contribution in [0.1, 0.15) is 52.9 Å². The number of nitrogens with one attached hydrogen (secondary N) is 1. The minimum atomic E-state index is 0.0860. The van der Waals surface area contributed by atoms with Crippen molar-refractivity contribution in [2.24, 2.45) is 5.92 Å². The van der Waals surface area contributed by atoms with E-state index in [0.717, 1.165) is 18.8 Å². The number of hydrogen-bond acceptors (Lipinski definition) is 2. The van der Waals surface area contributed by atoms with Crippen LogP contribution in [0.5, 0.6) is 0 Å². The summed E-state index contributed by atoms with van der Waals surface area (Å²) in [4.78, 5) is 14.3. The van der Waals surface area contributed by atoms with Gasteiger partial charge < -0.3 is 4.90 Å². The Labute approximate surface area is 98.6 Å². The third-order valence-corrected chi connectivity index (χ3v) is 3.89. The molecule has 4 atom stereocenters. The van der Waals surface area contributed by atoms with Crippen molar-refractivity contribution < 1.29 is 4.79 Å². The molecular formula is C13H24N2O. The quantitative estimate of drug-likeness (QED) is 0.776. The maximum Gasteiger partial charge on any atom is 0.241 e. The molecule has 0 bridgehead atoms. The Hall–Kier alpha value is -0.570. The van der Waals surface area contributed by atoms with Gasteiger partial charge >= 0.3 is 0 Å². The molecule has 3 nitrogen and oxygen atoms in total. The molecule has 16 heavy (non-hydrogen) atoms. The van der Waals surface area contributed by atoms with Crippen LogP contribution in [0.15, 0.2) is 0 Å². The lowest BCUT2D eigenvalue weighted by Crippen LogP contribution is -2.37. The third kappa shape index (κ3) is 2.10. The van der Waals surface area contributed by atoms with E-state index in [9.17, 15) is 4.79 Å². The minimum absolute atomic E-state index is 0.0860. The molecule has 1 N–H and O–H groups in total. The maximum absolute atomic E-state index is 12.2. The van der Waals surface area contributed by atoms with Crippen molar-refractivity contribution in [2.75, 3.05) is 0 Å². The zero-order valence-electron chi connectivity index (χ0n) is 10.7. The average Bonchev–Trinajstić information content (AvgIpc) is 2.91. The van der Waals surface area contributed by atoms with Gasteiger partial charge in [0.2, 0.25) is 5.91 Å². The van der Waals surface area contributed by atoms with Gasteiger partial charge in [-0.1, -0.05) is 26.7 Å².